The molecule has 0 bridgehead atoms. The van der Waals surface area contributed by atoms with Crippen LogP contribution < -0.4 is 5.32 Å². The van der Waals surface area contributed by atoms with Crippen LogP contribution in [0.3, 0.4) is 0 Å². The molecule has 2 atom stereocenters. The normalized spacial score (nSPS) is 20.0. The van der Waals surface area contributed by atoms with Gasteiger partial charge in [-0.15, -0.1) is 0 Å². The maximum atomic E-state index is 12.4. The van der Waals surface area contributed by atoms with Crippen LogP contribution >= 0.6 is 0 Å². The average Bonchev–Trinajstić information content (AvgIpc) is 3.11. The van der Waals surface area contributed by atoms with Crippen LogP contribution in [-0.4, -0.2) is 55.1 Å². The van der Waals surface area contributed by atoms with Gasteiger partial charge in [-0.2, -0.15) is 0 Å². The minimum Gasteiger partial charge on any atom is -0.465 e. The van der Waals surface area contributed by atoms with Gasteiger partial charge >= 0.3 is 5.97 Å². The van der Waals surface area contributed by atoms with E-state index in [1.54, 1.807) is 25.8 Å². The number of halogens is 2. The monoisotopic (exact) mass is 292 g/mol. The summed E-state index contributed by atoms with van der Waals surface area (Å²) in [5.41, 5.74) is -0.813. The van der Waals surface area contributed by atoms with E-state index in [1.807, 2.05) is 6.92 Å². The van der Waals surface area contributed by atoms with Crippen molar-refractivity contribution in [3.8, 4) is 0 Å². The van der Waals surface area contributed by atoms with Crippen LogP contribution in [0.2, 0.25) is 0 Å². The van der Waals surface area contributed by atoms with Gasteiger partial charge in [-0.25, -0.2) is 8.78 Å². The molecule has 0 radical (unpaired) electrons. The molecule has 0 amide bonds. The van der Waals surface area contributed by atoms with E-state index in [0.717, 1.165) is 12.8 Å². The van der Waals surface area contributed by atoms with Crippen molar-refractivity contribution >= 4 is 5.97 Å². The van der Waals surface area contributed by atoms with E-state index >= 15 is 0 Å². The van der Waals surface area contributed by atoms with E-state index in [1.165, 1.54) is 0 Å². The van der Waals surface area contributed by atoms with Crippen LogP contribution in [-0.2, 0) is 9.53 Å². The second-order valence-corrected chi connectivity index (χ2v) is 5.85. The van der Waals surface area contributed by atoms with E-state index < -0.39 is 12.0 Å². The molecule has 20 heavy (non-hydrogen) atoms. The number of nitrogens with one attached hydrogen (secondary N) is 1. The Kier molecular flexibility index (Phi) is 6.33. The van der Waals surface area contributed by atoms with Crippen molar-refractivity contribution < 1.29 is 18.3 Å². The first-order valence-electron chi connectivity index (χ1n) is 7.21. The number of hydrogen-bond donors (Lipinski definition) is 1. The third-order valence-electron chi connectivity index (χ3n) is 3.71. The number of esters is 1. The van der Waals surface area contributed by atoms with Gasteiger partial charge in [-0.3, -0.25) is 15.0 Å². The predicted octanol–water partition coefficient (Wildman–Crippen LogP) is 2.04. The SMILES string of the molecule is CCOC(=O)C(C)(CC(C)N(C)CC(F)F)NC1CC1. The molecule has 0 aromatic rings. The molecule has 1 rings (SSSR count). The number of hydrogen-bond acceptors (Lipinski definition) is 4. The van der Waals surface area contributed by atoms with Gasteiger partial charge in [0.2, 0.25) is 0 Å². The molecule has 0 saturated heterocycles. The lowest BCUT2D eigenvalue weighted by Crippen LogP contribution is -2.55. The number of carbonyl (C=O) groups is 1. The Hall–Kier alpha value is -0.750. The Balaban J connectivity index is 2.65. The molecular weight excluding hydrogens is 266 g/mol. The lowest BCUT2D eigenvalue weighted by atomic mass is 9.92. The molecule has 0 aromatic heterocycles. The van der Waals surface area contributed by atoms with Crippen LogP contribution in [0.1, 0.15) is 40.0 Å². The third-order valence-corrected chi connectivity index (χ3v) is 3.71. The largest absolute Gasteiger partial charge is 0.465 e. The minimum atomic E-state index is -2.37. The van der Waals surface area contributed by atoms with E-state index in [4.69, 9.17) is 4.74 Å². The first-order chi connectivity index (χ1) is 9.28. The number of alkyl halides is 2. The molecule has 1 aliphatic rings. The van der Waals surface area contributed by atoms with E-state index in [-0.39, 0.29) is 18.6 Å². The second kappa shape index (κ2) is 7.31. The van der Waals surface area contributed by atoms with Crippen molar-refractivity contribution in [3.05, 3.63) is 0 Å². The zero-order valence-corrected chi connectivity index (χ0v) is 12.8. The van der Waals surface area contributed by atoms with Crippen LogP contribution in [0.25, 0.3) is 0 Å². The summed E-state index contributed by atoms with van der Waals surface area (Å²) >= 11 is 0. The highest BCUT2D eigenvalue weighted by atomic mass is 19.3. The van der Waals surface area contributed by atoms with Gasteiger partial charge in [0.1, 0.15) is 5.54 Å². The number of ether oxygens (including phenoxy) is 1. The van der Waals surface area contributed by atoms with Crippen LogP contribution in [0.5, 0.6) is 0 Å². The van der Waals surface area contributed by atoms with Crippen LogP contribution in [0.15, 0.2) is 0 Å². The highest BCUT2D eigenvalue weighted by molar-refractivity contribution is 5.80. The summed E-state index contributed by atoms with van der Waals surface area (Å²) in [6.45, 7) is 5.46. The van der Waals surface area contributed by atoms with E-state index in [0.29, 0.717) is 19.1 Å². The highest BCUT2D eigenvalue weighted by Gasteiger charge is 2.41. The van der Waals surface area contributed by atoms with Gasteiger partial charge in [0, 0.05) is 12.1 Å². The summed E-state index contributed by atoms with van der Waals surface area (Å²) in [4.78, 5) is 13.7. The molecule has 1 saturated carbocycles. The molecule has 6 heteroatoms. The van der Waals surface area contributed by atoms with Gasteiger partial charge < -0.3 is 4.74 Å². The molecule has 2 unspecified atom stereocenters. The molecule has 1 aliphatic carbocycles. The lowest BCUT2D eigenvalue weighted by molar-refractivity contribution is -0.151. The maximum absolute atomic E-state index is 12.4. The standard InChI is InChI=1S/C14H26F2N2O2/c1-5-20-13(19)14(3,17-11-6-7-11)8-10(2)18(4)9-12(15)16/h10-12,17H,5-9H2,1-4H3. The summed E-state index contributed by atoms with van der Waals surface area (Å²) in [7, 11) is 1.65. The average molecular weight is 292 g/mol. The molecule has 0 heterocycles. The summed E-state index contributed by atoms with van der Waals surface area (Å²) in [6, 6.07) is 0.210. The molecule has 0 spiro atoms. The van der Waals surface area contributed by atoms with Gasteiger partial charge in [-0.1, -0.05) is 0 Å². The fourth-order valence-electron chi connectivity index (χ4n) is 2.31. The molecule has 4 nitrogen and oxygen atoms in total. The zero-order chi connectivity index (χ0) is 15.3. The molecule has 118 valence electrons. The Bertz CT molecular complexity index is 324. The summed E-state index contributed by atoms with van der Waals surface area (Å²) in [5.74, 6) is -0.302. The van der Waals surface area contributed by atoms with Gasteiger partial charge in [-0.05, 0) is 47.1 Å². The highest BCUT2D eigenvalue weighted by Crippen LogP contribution is 2.26. The van der Waals surface area contributed by atoms with Gasteiger partial charge in [0.05, 0.1) is 13.2 Å². The van der Waals surface area contributed by atoms with Crippen LogP contribution in [0, 0.1) is 0 Å². The van der Waals surface area contributed by atoms with Crippen LogP contribution in [0.4, 0.5) is 8.78 Å². The summed E-state index contributed by atoms with van der Waals surface area (Å²) in [5, 5.41) is 3.30. The van der Waals surface area contributed by atoms with Gasteiger partial charge in [0.15, 0.2) is 0 Å². The fraction of sp³-hybridized carbons (Fsp3) is 0.929. The summed E-state index contributed by atoms with van der Waals surface area (Å²) < 4.78 is 30.0. The van der Waals surface area contributed by atoms with Crippen molar-refractivity contribution in [1.29, 1.82) is 0 Å². The first kappa shape index (κ1) is 17.3. The Morgan fingerprint density at radius 3 is 2.55 bits per heavy atom. The second-order valence-electron chi connectivity index (χ2n) is 5.85. The van der Waals surface area contributed by atoms with Crippen molar-refractivity contribution in [2.45, 2.75) is 64.1 Å². The number of nitrogens with zero attached hydrogens (tertiary/aromatic N) is 1. The Labute approximate surface area is 119 Å². The van der Waals surface area contributed by atoms with Crippen molar-refractivity contribution in [2.24, 2.45) is 0 Å². The zero-order valence-electron chi connectivity index (χ0n) is 12.8. The number of carbonyl (C=O) groups excluding carboxylic acids is 1. The smallest absolute Gasteiger partial charge is 0.326 e. The Morgan fingerprint density at radius 1 is 1.50 bits per heavy atom. The Morgan fingerprint density at radius 2 is 2.10 bits per heavy atom. The quantitative estimate of drug-likeness (QED) is 0.660. The molecule has 1 N–H and O–H groups in total. The van der Waals surface area contributed by atoms with Crippen molar-refractivity contribution in [1.82, 2.24) is 10.2 Å². The summed E-state index contributed by atoms with van der Waals surface area (Å²) in [6.07, 6.45) is 0.186. The third kappa shape index (κ3) is 5.32. The predicted molar refractivity (Wildman–Crippen MR) is 73.9 cm³/mol. The molecular formula is C14H26F2N2O2. The molecule has 1 fully saturated rings. The van der Waals surface area contributed by atoms with Crippen molar-refractivity contribution in [3.63, 3.8) is 0 Å². The first-order valence-corrected chi connectivity index (χ1v) is 7.21. The topological polar surface area (TPSA) is 41.6 Å². The minimum absolute atomic E-state index is 0.135. The lowest BCUT2D eigenvalue weighted by Gasteiger charge is -2.34. The van der Waals surface area contributed by atoms with Crippen molar-refractivity contribution in [2.75, 3.05) is 20.2 Å². The number of rotatable bonds is 9. The van der Waals surface area contributed by atoms with E-state index in [2.05, 4.69) is 5.32 Å². The molecule has 0 aliphatic heterocycles. The van der Waals surface area contributed by atoms with Gasteiger partial charge in [0.25, 0.3) is 6.43 Å². The molecule has 0 aromatic carbocycles. The maximum Gasteiger partial charge on any atom is 0.326 e. The van der Waals surface area contributed by atoms with E-state index in [9.17, 15) is 13.6 Å². The fourth-order valence-corrected chi connectivity index (χ4v) is 2.31.